The number of carbonyl (C=O) groups is 1. The minimum atomic E-state index is -5.13. The van der Waals surface area contributed by atoms with Crippen molar-refractivity contribution in [3.05, 3.63) is 80.7 Å². The Balaban J connectivity index is 1.71. The molecular formula is C27H23ClF6N6O3. The Morgan fingerprint density at radius 2 is 1.65 bits per heavy atom. The standard InChI is InChI=1S/C27H23ClF6N6O3/c1-39(2)7-6-35-25-36-13-15-10-20(24(42)40(43-3)22(15)38-25)19-12-18(4-5-21(19)28)37-23(41)14-8-16(26(29,30)31)11-17(9-14)27(32,33)34/h4-5,8-13H,6-7H2,1-3H3,(H,37,41)(H,35,36,38). The normalized spacial score (nSPS) is 12.1. The lowest BCUT2D eigenvalue weighted by molar-refractivity contribution is -0.143. The van der Waals surface area contributed by atoms with Crippen LogP contribution in [-0.4, -0.2) is 59.8 Å². The van der Waals surface area contributed by atoms with Crippen molar-refractivity contribution in [2.75, 3.05) is 44.9 Å². The molecular weight excluding hydrogens is 606 g/mol. The number of amides is 1. The van der Waals surface area contributed by atoms with Crippen LogP contribution in [0, 0.1) is 0 Å². The molecule has 9 nitrogen and oxygen atoms in total. The van der Waals surface area contributed by atoms with Crippen LogP contribution in [0.15, 0.2) is 53.5 Å². The maximum atomic E-state index is 13.4. The predicted molar refractivity (Wildman–Crippen MR) is 148 cm³/mol. The van der Waals surface area contributed by atoms with Crippen LogP contribution in [0.25, 0.3) is 22.2 Å². The molecule has 2 N–H and O–H groups in total. The van der Waals surface area contributed by atoms with Gasteiger partial charge in [0.1, 0.15) is 7.11 Å². The highest BCUT2D eigenvalue weighted by Gasteiger charge is 2.37. The molecule has 0 bridgehead atoms. The molecule has 4 aromatic rings. The zero-order valence-electron chi connectivity index (χ0n) is 22.7. The van der Waals surface area contributed by atoms with Crippen molar-refractivity contribution in [2.45, 2.75) is 12.4 Å². The summed E-state index contributed by atoms with van der Waals surface area (Å²) in [5, 5.41) is 5.73. The van der Waals surface area contributed by atoms with Gasteiger partial charge in [-0.15, -0.1) is 4.73 Å². The summed E-state index contributed by atoms with van der Waals surface area (Å²) in [6.45, 7) is 1.22. The fourth-order valence-electron chi connectivity index (χ4n) is 4.01. The van der Waals surface area contributed by atoms with Gasteiger partial charge >= 0.3 is 12.4 Å². The van der Waals surface area contributed by atoms with Gasteiger partial charge in [0.2, 0.25) is 5.95 Å². The second-order valence-corrected chi connectivity index (χ2v) is 9.89. The summed E-state index contributed by atoms with van der Waals surface area (Å²) in [4.78, 5) is 42.0. The number of rotatable bonds is 8. The molecule has 2 heterocycles. The number of carbonyl (C=O) groups excluding carboxylic acids is 1. The number of hydrogen-bond donors (Lipinski definition) is 2. The molecule has 0 saturated carbocycles. The van der Waals surface area contributed by atoms with E-state index in [9.17, 15) is 35.9 Å². The fraction of sp³-hybridized carbons (Fsp3) is 0.259. The maximum absolute atomic E-state index is 13.4. The lowest BCUT2D eigenvalue weighted by atomic mass is 10.0. The molecule has 0 aliphatic heterocycles. The summed E-state index contributed by atoms with van der Waals surface area (Å²) in [5.74, 6) is -1.00. The van der Waals surface area contributed by atoms with Gasteiger partial charge in [-0.2, -0.15) is 31.3 Å². The quantitative estimate of drug-likeness (QED) is 0.251. The van der Waals surface area contributed by atoms with Gasteiger partial charge in [-0.25, -0.2) is 4.98 Å². The molecule has 0 aliphatic rings. The van der Waals surface area contributed by atoms with E-state index in [2.05, 4.69) is 20.6 Å². The highest BCUT2D eigenvalue weighted by Crippen LogP contribution is 2.37. The van der Waals surface area contributed by atoms with Crippen LogP contribution >= 0.6 is 11.6 Å². The molecule has 4 rings (SSSR count). The first kappa shape index (κ1) is 31.6. The van der Waals surface area contributed by atoms with E-state index in [1.807, 2.05) is 19.0 Å². The Labute approximate surface area is 245 Å². The number of halogens is 7. The van der Waals surface area contributed by atoms with Gasteiger partial charge in [0, 0.05) is 46.5 Å². The Morgan fingerprint density at radius 3 is 2.23 bits per heavy atom. The fourth-order valence-corrected chi connectivity index (χ4v) is 4.23. The number of fused-ring (bicyclic) bond motifs is 1. The maximum Gasteiger partial charge on any atom is 0.416 e. The van der Waals surface area contributed by atoms with E-state index in [4.69, 9.17) is 16.4 Å². The van der Waals surface area contributed by atoms with Gasteiger partial charge in [0.15, 0.2) is 5.65 Å². The van der Waals surface area contributed by atoms with Gasteiger partial charge in [0.05, 0.1) is 16.7 Å². The van der Waals surface area contributed by atoms with Crippen molar-refractivity contribution in [2.24, 2.45) is 0 Å². The monoisotopic (exact) mass is 628 g/mol. The highest BCUT2D eigenvalue weighted by molar-refractivity contribution is 6.33. The molecule has 228 valence electrons. The number of hydrogen-bond acceptors (Lipinski definition) is 7. The molecule has 1 amide bonds. The van der Waals surface area contributed by atoms with Crippen LogP contribution in [0.1, 0.15) is 21.5 Å². The largest absolute Gasteiger partial charge is 0.416 e. The first-order valence-corrected chi connectivity index (χ1v) is 12.7. The van der Waals surface area contributed by atoms with Crippen LogP contribution in [-0.2, 0) is 12.4 Å². The van der Waals surface area contributed by atoms with Crippen molar-refractivity contribution < 1.29 is 36.0 Å². The SMILES string of the molecule is COn1c(=O)c(-c2cc(NC(=O)c3cc(C(F)(F)F)cc(C(F)(F)F)c3)ccc2Cl)cc2cnc(NCCN(C)C)nc21. The molecule has 0 unspecified atom stereocenters. The van der Waals surface area contributed by atoms with Crippen LogP contribution in [0.2, 0.25) is 5.02 Å². The first-order chi connectivity index (χ1) is 20.1. The van der Waals surface area contributed by atoms with Gasteiger partial charge in [-0.05, 0) is 56.6 Å². The Morgan fingerprint density at radius 1 is 1.00 bits per heavy atom. The summed E-state index contributed by atoms with van der Waals surface area (Å²) in [7, 11) is 5.04. The van der Waals surface area contributed by atoms with Crippen LogP contribution in [0.3, 0.4) is 0 Å². The lowest BCUT2D eigenvalue weighted by Gasteiger charge is -2.15. The molecule has 0 radical (unpaired) electrons. The second kappa shape index (κ2) is 12.1. The third kappa shape index (κ3) is 7.17. The average molecular weight is 629 g/mol. The van der Waals surface area contributed by atoms with Gasteiger partial charge in [-0.1, -0.05) is 11.6 Å². The molecule has 0 saturated heterocycles. The van der Waals surface area contributed by atoms with Gasteiger partial charge < -0.3 is 20.4 Å². The Bertz CT molecular complexity index is 1710. The van der Waals surface area contributed by atoms with E-state index in [0.29, 0.717) is 30.6 Å². The molecule has 0 atom stereocenters. The summed E-state index contributed by atoms with van der Waals surface area (Å²) < 4.78 is 80.5. The topological polar surface area (TPSA) is 101 Å². The van der Waals surface area contributed by atoms with Crippen molar-refractivity contribution in [3.8, 4) is 11.1 Å². The Kier molecular flexibility index (Phi) is 8.87. The van der Waals surface area contributed by atoms with Crippen molar-refractivity contribution in [3.63, 3.8) is 0 Å². The predicted octanol–water partition coefficient (Wildman–Crippen LogP) is 5.43. The summed E-state index contributed by atoms with van der Waals surface area (Å²) in [6.07, 6.45) is -8.81. The zero-order valence-corrected chi connectivity index (χ0v) is 23.4. The first-order valence-electron chi connectivity index (χ1n) is 12.3. The smallest absolute Gasteiger partial charge is 0.412 e. The number of anilines is 2. The molecule has 43 heavy (non-hydrogen) atoms. The van der Waals surface area contributed by atoms with Crippen molar-refractivity contribution >= 4 is 40.2 Å². The third-order valence-electron chi connectivity index (χ3n) is 6.09. The number of pyridine rings is 1. The van der Waals surface area contributed by atoms with Crippen LogP contribution in [0.4, 0.5) is 38.0 Å². The van der Waals surface area contributed by atoms with Gasteiger partial charge in [-0.3, -0.25) is 9.59 Å². The number of likely N-dealkylation sites (N-methyl/N-ethyl adjacent to an activating group) is 1. The number of nitrogens with one attached hydrogen (secondary N) is 2. The zero-order chi connectivity index (χ0) is 31.7. The summed E-state index contributed by atoms with van der Waals surface area (Å²) >= 11 is 6.36. The van der Waals surface area contributed by atoms with E-state index in [1.54, 1.807) is 0 Å². The van der Waals surface area contributed by atoms with E-state index in [-0.39, 0.29) is 39.5 Å². The van der Waals surface area contributed by atoms with Crippen molar-refractivity contribution in [1.29, 1.82) is 0 Å². The molecule has 0 spiro atoms. The highest BCUT2D eigenvalue weighted by atomic mass is 35.5. The number of aromatic nitrogens is 3. The Hall–Kier alpha value is -4.37. The molecule has 2 aromatic carbocycles. The minimum absolute atomic E-state index is 0.00853. The average Bonchev–Trinajstić information content (AvgIpc) is 2.92. The molecule has 0 aliphatic carbocycles. The number of alkyl halides is 6. The van der Waals surface area contributed by atoms with E-state index in [1.165, 1.54) is 37.6 Å². The molecule has 0 fully saturated rings. The van der Waals surface area contributed by atoms with E-state index >= 15 is 0 Å². The van der Waals surface area contributed by atoms with Crippen LogP contribution in [0.5, 0.6) is 0 Å². The second-order valence-electron chi connectivity index (χ2n) is 9.49. The van der Waals surface area contributed by atoms with E-state index in [0.717, 1.165) is 4.73 Å². The minimum Gasteiger partial charge on any atom is -0.412 e. The molecule has 2 aromatic heterocycles. The number of nitrogens with zero attached hydrogens (tertiary/aromatic N) is 4. The number of benzene rings is 2. The summed E-state index contributed by atoms with van der Waals surface area (Å²) in [6, 6.07) is 5.80. The van der Waals surface area contributed by atoms with Crippen molar-refractivity contribution in [1.82, 2.24) is 19.6 Å². The van der Waals surface area contributed by atoms with E-state index < -0.39 is 40.5 Å². The summed E-state index contributed by atoms with van der Waals surface area (Å²) in [5.41, 5.74) is -4.68. The third-order valence-corrected chi connectivity index (χ3v) is 6.42. The molecule has 16 heteroatoms. The lowest BCUT2D eigenvalue weighted by Crippen LogP contribution is -2.28. The van der Waals surface area contributed by atoms with Gasteiger partial charge in [0.25, 0.3) is 11.5 Å². The van der Waals surface area contributed by atoms with Crippen LogP contribution < -0.4 is 21.0 Å².